The third-order valence-electron chi connectivity index (χ3n) is 7.42. The molecule has 2 aliphatic heterocycles. The molecule has 0 saturated carbocycles. The van der Waals surface area contributed by atoms with Crippen molar-refractivity contribution in [1.82, 2.24) is 4.90 Å². The predicted octanol–water partition coefficient (Wildman–Crippen LogP) is 3.96. The van der Waals surface area contributed by atoms with E-state index in [1.807, 2.05) is 18.2 Å². The summed E-state index contributed by atoms with van der Waals surface area (Å²) in [6, 6.07) is 12.2. The molecule has 31 heavy (non-hydrogen) atoms. The summed E-state index contributed by atoms with van der Waals surface area (Å²) in [7, 11) is 1.63. The van der Waals surface area contributed by atoms with Crippen LogP contribution in [0.2, 0.25) is 0 Å². The molecule has 5 heteroatoms. The Kier molecular flexibility index (Phi) is 5.67. The van der Waals surface area contributed by atoms with Crippen LogP contribution in [0.4, 0.5) is 0 Å². The predicted molar refractivity (Wildman–Crippen MR) is 120 cm³/mol. The second-order valence-electron chi connectivity index (χ2n) is 9.46. The molecule has 2 N–H and O–H groups in total. The van der Waals surface area contributed by atoms with Crippen LogP contribution in [0.3, 0.4) is 0 Å². The quantitative estimate of drug-likeness (QED) is 0.780. The molecule has 0 unspecified atom stereocenters. The molecule has 166 valence electrons. The summed E-state index contributed by atoms with van der Waals surface area (Å²) in [5.41, 5.74) is 4.39. The lowest BCUT2D eigenvalue weighted by Gasteiger charge is -2.46. The van der Waals surface area contributed by atoms with Gasteiger partial charge < -0.3 is 24.6 Å². The van der Waals surface area contributed by atoms with Gasteiger partial charge in [0.2, 0.25) is 0 Å². The van der Waals surface area contributed by atoms with Gasteiger partial charge in [0.05, 0.1) is 19.3 Å². The Hall–Kier alpha value is -2.08. The van der Waals surface area contributed by atoms with E-state index in [4.69, 9.17) is 9.47 Å². The number of rotatable bonds is 4. The van der Waals surface area contributed by atoms with Crippen molar-refractivity contribution in [2.75, 3.05) is 26.7 Å². The van der Waals surface area contributed by atoms with Gasteiger partial charge in [0, 0.05) is 31.6 Å². The van der Waals surface area contributed by atoms with Crippen molar-refractivity contribution in [3.8, 4) is 11.5 Å². The molecule has 1 fully saturated rings. The van der Waals surface area contributed by atoms with Gasteiger partial charge in [0.1, 0.15) is 17.1 Å². The molecular formula is C26H33NO4. The van der Waals surface area contributed by atoms with Crippen LogP contribution in [0.25, 0.3) is 0 Å². The SMILES string of the molecule is COc1ccc2c(c1)[C@@H](O)CC1(CCN(C[C@H](O)c3ccc4c(c3)CCCC4)CC1)O2. The number of hydrogen-bond donors (Lipinski definition) is 2. The van der Waals surface area contributed by atoms with Crippen LogP contribution < -0.4 is 9.47 Å². The number of β-amino-alcohol motifs (C(OH)–C–C–N with tert-alkyl or cyclic N) is 1. The van der Waals surface area contributed by atoms with Crippen molar-refractivity contribution in [2.24, 2.45) is 0 Å². The van der Waals surface area contributed by atoms with Gasteiger partial charge in [-0.2, -0.15) is 0 Å². The number of aliphatic hydroxyl groups is 2. The van der Waals surface area contributed by atoms with Gasteiger partial charge in [-0.05, 0) is 73.4 Å². The number of aryl methyl sites for hydroxylation is 2. The Morgan fingerprint density at radius 1 is 1.10 bits per heavy atom. The lowest BCUT2D eigenvalue weighted by molar-refractivity contribution is -0.0588. The number of hydrogen-bond acceptors (Lipinski definition) is 5. The largest absolute Gasteiger partial charge is 0.497 e. The standard InChI is InChI=1S/C26H33NO4/c1-30-21-8-9-25-22(15-21)23(28)16-26(31-25)10-12-27(13-11-26)17-24(29)20-7-6-18-4-2-3-5-19(18)14-20/h6-9,14-15,23-24,28-29H,2-5,10-13,16-17H2,1H3/t23-,24-/m0/s1. The summed E-state index contributed by atoms with van der Waals surface area (Å²) in [5.74, 6) is 1.51. The molecule has 2 atom stereocenters. The van der Waals surface area contributed by atoms with E-state index in [1.54, 1.807) is 7.11 Å². The normalized spacial score (nSPS) is 23.5. The van der Waals surface area contributed by atoms with Crippen LogP contribution in [0.1, 0.15) is 66.6 Å². The number of ether oxygens (including phenoxy) is 2. The van der Waals surface area contributed by atoms with E-state index in [2.05, 4.69) is 23.1 Å². The summed E-state index contributed by atoms with van der Waals surface area (Å²) in [6.45, 7) is 2.37. The summed E-state index contributed by atoms with van der Waals surface area (Å²) in [5, 5.41) is 21.6. The molecular weight excluding hydrogens is 390 g/mol. The summed E-state index contributed by atoms with van der Waals surface area (Å²) in [4.78, 5) is 2.33. The Bertz CT molecular complexity index is 935. The van der Waals surface area contributed by atoms with E-state index in [1.165, 1.54) is 30.4 Å². The monoisotopic (exact) mass is 423 g/mol. The summed E-state index contributed by atoms with van der Waals surface area (Å²) < 4.78 is 11.7. The zero-order valence-electron chi connectivity index (χ0n) is 18.3. The molecule has 2 aromatic rings. The summed E-state index contributed by atoms with van der Waals surface area (Å²) >= 11 is 0. The fourth-order valence-electron chi connectivity index (χ4n) is 5.50. The maximum atomic E-state index is 10.9. The van der Waals surface area contributed by atoms with Gasteiger partial charge in [-0.15, -0.1) is 0 Å². The Morgan fingerprint density at radius 2 is 1.87 bits per heavy atom. The number of likely N-dealkylation sites (tertiary alicyclic amines) is 1. The number of benzene rings is 2. The first-order valence-corrected chi connectivity index (χ1v) is 11.6. The van der Waals surface area contributed by atoms with Crippen LogP contribution in [-0.4, -0.2) is 47.5 Å². The highest BCUT2D eigenvalue weighted by Crippen LogP contribution is 2.45. The highest BCUT2D eigenvalue weighted by atomic mass is 16.5. The minimum atomic E-state index is -0.536. The third kappa shape index (κ3) is 4.19. The Balaban J connectivity index is 1.21. The molecule has 0 bridgehead atoms. The van der Waals surface area contributed by atoms with Crippen molar-refractivity contribution >= 4 is 0 Å². The highest BCUT2D eigenvalue weighted by molar-refractivity contribution is 5.44. The first-order chi connectivity index (χ1) is 15.0. The maximum absolute atomic E-state index is 10.9. The first kappa shape index (κ1) is 20.8. The number of methoxy groups -OCH3 is 1. The number of piperidine rings is 1. The number of fused-ring (bicyclic) bond motifs is 2. The molecule has 0 amide bonds. The zero-order chi connectivity index (χ0) is 21.4. The lowest BCUT2D eigenvalue weighted by Crippen LogP contribution is -2.51. The van der Waals surface area contributed by atoms with Crippen LogP contribution in [0.15, 0.2) is 36.4 Å². The molecule has 2 heterocycles. The fraction of sp³-hybridized carbons (Fsp3) is 0.538. The Morgan fingerprint density at radius 3 is 2.65 bits per heavy atom. The van der Waals surface area contributed by atoms with Gasteiger partial charge in [-0.3, -0.25) is 0 Å². The molecule has 1 saturated heterocycles. The smallest absolute Gasteiger partial charge is 0.126 e. The molecule has 1 spiro atoms. The molecule has 5 nitrogen and oxygen atoms in total. The van der Waals surface area contributed by atoms with Gasteiger partial charge in [-0.1, -0.05) is 18.2 Å². The zero-order valence-corrected chi connectivity index (χ0v) is 18.3. The van der Waals surface area contributed by atoms with Gasteiger partial charge in [0.25, 0.3) is 0 Å². The second kappa shape index (κ2) is 8.45. The average molecular weight is 424 g/mol. The topological polar surface area (TPSA) is 62.2 Å². The van der Waals surface area contributed by atoms with E-state index >= 15 is 0 Å². The van der Waals surface area contributed by atoms with E-state index in [-0.39, 0.29) is 5.60 Å². The van der Waals surface area contributed by atoms with Crippen molar-refractivity contribution in [1.29, 1.82) is 0 Å². The van der Waals surface area contributed by atoms with Gasteiger partial charge in [0.15, 0.2) is 0 Å². The highest BCUT2D eigenvalue weighted by Gasteiger charge is 2.43. The van der Waals surface area contributed by atoms with Crippen LogP contribution in [0.5, 0.6) is 11.5 Å². The third-order valence-corrected chi connectivity index (χ3v) is 7.42. The van der Waals surface area contributed by atoms with E-state index < -0.39 is 12.2 Å². The number of aliphatic hydroxyl groups excluding tert-OH is 2. The molecule has 0 radical (unpaired) electrons. The fourth-order valence-corrected chi connectivity index (χ4v) is 5.50. The van der Waals surface area contributed by atoms with E-state index in [0.29, 0.717) is 13.0 Å². The van der Waals surface area contributed by atoms with Crippen molar-refractivity contribution in [3.05, 3.63) is 58.7 Å². The van der Waals surface area contributed by atoms with E-state index in [0.717, 1.165) is 55.0 Å². The molecule has 5 rings (SSSR count). The number of nitrogens with zero attached hydrogens (tertiary/aromatic N) is 1. The average Bonchev–Trinajstić information content (AvgIpc) is 2.80. The molecule has 3 aliphatic rings. The van der Waals surface area contributed by atoms with E-state index in [9.17, 15) is 10.2 Å². The van der Waals surface area contributed by atoms with Gasteiger partial charge >= 0.3 is 0 Å². The van der Waals surface area contributed by atoms with Crippen molar-refractivity contribution in [3.63, 3.8) is 0 Å². The van der Waals surface area contributed by atoms with Crippen molar-refractivity contribution < 1.29 is 19.7 Å². The minimum Gasteiger partial charge on any atom is -0.497 e. The molecule has 0 aromatic heterocycles. The maximum Gasteiger partial charge on any atom is 0.126 e. The molecule has 1 aliphatic carbocycles. The second-order valence-corrected chi connectivity index (χ2v) is 9.46. The molecule has 2 aromatic carbocycles. The van der Waals surface area contributed by atoms with Gasteiger partial charge in [-0.25, -0.2) is 0 Å². The van der Waals surface area contributed by atoms with Crippen molar-refractivity contribution in [2.45, 2.75) is 62.8 Å². The summed E-state index contributed by atoms with van der Waals surface area (Å²) in [6.07, 6.45) is 6.14. The Labute approximate surface area is 184 Å². The van der Waals surface area contributed by atoms with Crippen LogP contribution in [-0.2, 0) is 12.8 Å². The minimum absolute atomic E-state index is 0.325. The first-order valence-electron chi connectivity index (χ1n) is 11.6. The van der Waals surface area contributed by atoms with Crippen LogP contribution in [0, 0.1) is 0 Å². The lowest BCUT2D eigenvalue weighted by atomic mass is 9.81. The van der Waals surface area contributed by atoms with Crippen LogP contribution >= 0.6 is 0 Å².